The number of rotatable bonds is 5. The average molecular weight is 391 g/mol. The van der Waals surface area contributed by atoms with E-state index in [4.69, 9.17) is 0 Å². The molecular weight excluding hydrogens is 364 g/mol. The van der Waals surface area contributed by atoms with Gasteiger partial charge in [0.2, 0.25) is 10.0 Å². The molecule has 0 amide bonds. The summed E-state index contributed by atoms with van der Waals surface area (Å²) in [6, 6.07) is 6.91. The summed E-state index contributed by atoms with van der Waals surface area (Å²) < 4.78 is 28.1. The molecule has 27 heavy (non-hydrogen) atoms. The Morgan fingerprint density at radius 1 is 1.41 bits per heavy atom. The maximum Gasteiger partial charge on any atom is 0.240 e. The maximum atomic E-state index is 12.0. The highest BCUT2D eigenvalue weighted by Crippen LogP contribution is 2.26. The first-order valence-corrected chi connectivity index (χ1v) is 10.4. The Balaban J connectivity index is 1.63. The van der Waals surface area contributed by atoms with E-state index in [1.165, 1.54) is 12.6 Å². The number of nitrogens with zero attached hydrogens (tertiary/aromatic N) is 4. The first kappa shape index (κ1) is 19.4. The van der Waals surface area contributed by atoms with Crippen LogP contribution >= 0.6 is 0 Å². The minimum atomic E-state index is -3.44. The molecule has 1 aromatic carbocycles. The Morgan fingerprint density at radius 3 is 2.89 bits per heavy atom. The molecule has 1 aromatic heterocycles. The summed E-state index contributed by atoms with van der Waals surface area (Å²) in [5.41, 5.74) is 2.14. The lowest BCUT2D eigenvalue weighted by Crippen LogP contribution is -2.39. The first-order valence-electron chi connectivity index (χ1n) is 8.89. The molecule has 2 aromatic rings. The normalized spacial score (nSPS) is 18.1. The summed E-state index contributed by atoms with van der Waals surface area (Å²) in [6.45, 7) is 2.32. The summed E-state index contributed by atoms with van der Waals surface area (Å²) in [7, 11) is 1.66. The number of aryl methyl sites for hydroxylation is 1. The monoisotopic (exact) mass is 390 g/mol. The molecule has 1 atom stereocenters. The van der Waals surface area contributed by atoms with E-state index in [2.05, 4.69) is 31.2 Å². The van der Waals surface area contributed by atoms with Gasteiger partial charge in [-0.25, -0.2) is 13.1 Å². The Morgan fingerprint density at radius 2 is 2.22 bits per heavy atom. The van der Waals surface area contributed by atoms with Crippen molar-refractivity contribution >= 4 is 16.0 Å². The average Bonchev–Trinajstić information content (AvgIpc) is 3.32. The van der Waals surface area contributed by atoms with E-state index < -0.39 is 10.0 Å². The van der Waals surface area contributed by atoms with Crippen molar-refractivity contribution in [1.29, 1.82) is 0 Å². The lowest BCUT2D eigenvalue weighted by Gasteiger charge is -2.21. The second-order valence-electron chi connectivity index (χ2n) is 6.63. The van der Waals surface area contributed by atoms with Gasteiger partial charge in [0.05, 0.1) is 11.1 Å². The van der Waals surface area contributed by atoms with Gasteiger partial charge < -0.3 is 10.2 Å². The summed E-state index contributed by atoms with van der Waals surface area (Å²) in [5.74, 6) is 1.27. The van der Waals surface area contributed by atoms with Gasteiger partial charge in [-0.15, -0.1) is 0 Å². The smallest absolute Gasteiger partial charge is 0.240 e. The molecule has 2 heterocycles. The van der Waals surface area contributed by atoms with Gasteiger partial charge in [-0.05, 0) is 36.7 Å². The van der Waals surface area contributed by atoms with Crippen LogP contribution in [0, 0.1) is 0 Å². The fourth-order valence-electron chi connectivity index (χ4n) is 3.33. The van der Waals surface area contributed by atoms with E-state index in [-0.39, 0.29) is 4.90 Å². The number of nitrogens with one attached hydrogen (secondary N) is 2. The summed E-state index contributed by atoms with van der Waals surface area (Å²) >= 11 is 0. The zero-order valence-corrected chi connectivity index (χ0v) is 16.7. The number of aromatic nitrogens is 2. The molecule has 0 saturated carbocycles. The molecule has 1 saturated heterocycles. The third-order valence-corrected chi connectivity index (χ3v) is 6.24. The topological polar surface area (TPSA) is 91.6 Å². The molecule has 1 fully saturated rings. The van der Waals surface area contributed by atoms with E-state index >= 15 is 0 Å². The highest BCUT2D eigenvalue weighted by Gasteiger charge is 2.26. The van der Waals surface area contributed by atoms with Crippen LogP contribution in [0.1, 0.15) is 23.5 Å². The zero-order valence-electron chi connectivity index (χ0n) is 15.9. The van der Waals surface area contributed by atoms with Crippen LogP contribution in [0.4, 0.5) is 0 Å². The van der Waals surface area contributed by atoms with Gasteiger partial charge in [-0.1, -0.05) is 12.1 Å². The minimum Gasteiger partial charge on any atom is -0.352 e. The SMILES string of the molecule is CN=C(NCc1cccc(S(=O)(=O)NC)c1)N1CCC(c2cnn(C)c2)C1. The Labute approximate surface area is 160 Å². The molecule has 0 aliphatic carbocycles. The highest BCUT2D eigenvalue weighted by atomic mass is 32.2. The van der Waals surface area contributed by atoms with Crippen LogP contribution in [-0.2, 0) is 23.6 Å². The van der Waals surface area contributed by atoms with Crippen molar-refractivity contribution in [2.75, 3.05) is 27.2 Å². The van der Waals surface area contributed by atoms with E-state index in [1.54, 1.807) is 25.2 Å². The van der Waals surface area contributed by atoms with Crippen LogP contribution in [0.5, 0.6) is 0 Å². The van der Waals surface area contributed by atoms with Crippen LogP contribution < -0.4 is 10.0 Å². The molecule has 2 N–H and O–H groups in total. The van der Waals surface area contributed by atoms with Crippen LogP contribution in [0.2, 0.25) is 0 Å². The second-order valence-corrected chi connectivity index (χ2v) is 8.52. The number of sulfonamides is 1. The van der Waals surface area contributed by atoms with Gasteiger partial charge in [-0.3, -0.25) is 9.67 Å². The van der Waals surface area contributed by atoms with Crippen LogP contribution in [-0.4, -0.2) is 56.2 Å². The molecule has 9 heteroatoms. The minimum absolute atomic E-state index is 0.261. The third-order valence-electron chi connectivity index (χ3n) is 4.82. The number of benzene rings is 1. The molecule has 0 spiro atoms. The van der Waals surface area contributed by atoms with Crippen LogP contribution in [0.25, 0.3) is 0 Å². The van der Waals surface area contributed by atoms with Gasteiger partial charge >= 0.3 is 0 Å². The van der Waals surface area contributed by atoms with Crippen LogP contribution in [0.3, 0.4) is 0 Å². The zero-order chi connectivity index (χ0) is 19.4. The summed E-state index contributed by atoms with van der Waals surface area (Å²) in [4.78, 5) is 6.88. The van der Waals surface area contributed by atoms with Gasteiger partial charge in [0, 0.05) is 45.8 Å². The Kier molecular flexibility index (Phi) is 5.81. The number of aliphatic imine (C=N–C) groups is 1. The van der Waals surface area contributed by atoms with Crippen molar-refractivity contribution in [3.8, 4) is 0 Å². The van der Waals surface area contributed by atoms with Gasteiger partial charge in [0.25, 0.3) is 0 Å². The molecule has 0 radical (unpaired) electrons. The Bertz CT molecular complexity index is 921. The van der Waals surface area contributed by atoms with E-state index in [0.29, 0.717) is 12.5 Å². The molecule has 1 aliphatic heterocycles. The molecule has 8 nitrogen and oxygen atoms in total. The molecule has 1 aliphatic rings. The largest absolute Gasteiger partial charge is 0.352 e. The Hall–Kier alpha value is -2.39. The van der Waals surface area contributed by atoms with E-state index in [9.17, 15) is 8.42 Å². The van der Waals surface area contributed by atoms with Crippen LogP contribution in [0.15, 0.2) is 46.5 Å². The van der Waals surface area contributed by atoms with Crippen molar-refractivity contribution in [3.63, 3.8) is 0 Å². The predicted octanol–water partition coefficient (Wildman–Crippen LogP) is 0.893. The summed E-state index contributed by atoms with van der Waals surface area (Å²) in [5, 5.41) is 7.60. The lowest BCUT2D eigenvalue weighted by atomic mass is 10.0. The first-order chi connectivity index (χ1) is 12.9. The van der Waals surface area contributed by atoms with Gasteiger partial charge in [-0.2, -0.15) is 5.10 Å². The van der Waals surface area contributed by atoms with E-state index in [0.717, 1.165) is 31.0 Å². The number of hydrogen-bond donors (Lipinski definition) is 2. The molecular formula is C18H26N6O2S. The number of guanidine groups is 1. The van der Waals surface area contributed by atoms with Gasteiger partial charge in [0.15, 0.2) is 5.96 Å². The highest BCUT2D eigenvalue weighted by molar-refractivity contribution is 7.89. The van der Waals surface area contributed by atoms with Crippen molar-refractivity contribution in [1.82, 2.24) is 24.7 Å². The third kappa shape index (κ3) is 4.48. The molecule has 146 valence electrons. The fraction of sp³-hybridized carbons (Fsp3) is 0.444. The predicted molar refractivity (Wildman–Crippen MR) is 105 cm³/mol. The summed E-state index contributed by atoms with van der Waals surface area (Å²) in [6.07, 6.45) is 5.05. The number of likely N-dealkylation sites (tertiary alicyclic amines) is 1. The van der Waals surface area contributed by atoms with Crippen molar-refractivity contribution < 1.29 is 8.42 Å². The molecule has 1 unspecified atom stereocenters. The molecule has 0 bridgehead atoms. The van der Waals surface area contributed by atoms with Crippen molar-refractivity contribution in [2.24, 2.45) is 12.0 Å². The maximum absolute atomic E-state index is 12.0. The van der Waals surface area contributed by atoms with Crippen molar-refractivity contribution in [3.05, 3.63) is 47.8 Å². The van der Waals surface area contributed by atoms with Crippen molar-refractivity contribution in [2.45, 2.75) is 23.8 Å². The number of hydrogen-bond acceptors (Lipinski definition) is 4. The molecule has 3 rings (SSSR count). The fourth-order valence-corrected chi connectivity index (χ4v) is 4.13. The quantitative estimate of drug-likeness (QED) is 0.584. The van der Waals surface area contributed by atoms with Gasteiger partial charge in [0.1, 0.15) is 0 Å². The second kappa shape index (κ2) is 8.10. The van der Waals surface area contributed by atoms with E-state index in [1.807, 2.05) is 24.0 Å². The standard InChI is InChI=1S/C18H26N6O2S/c1-19-18(24-8-7-15(13-24)16-11-22-23(3)12-16)21-10-14-5-4-6-17(9-14)27(25,26)20-2/h4-6,9,11-12,15,20H,7-8,10,13H2,1-3H3,(H,19,21). The lowest BCUT2D eigenvalue weighted by molar-refractivity contribution is 0.486.